The Bertz CT molecular complexity index is 795. The van der Waals surface area contributed by atoms with Crippen molar-refractivity contribution in [2.24, 2.45) is 5.92 Å². The second kappa shape index (κ2) is 9.58. The van der Waals surface area contributed by atoms with E-state index >= 15 is 0 Å². The van der Waals surface area contributed by atoms with Gasteiger partial charge < -0.3 is 19.5 Å². The van der Waals surface area contributed by atoms with E-state index in [-0.39, 0.29) is 23.1 Å². The molecule has 1 aliphatic heterocycles. The van der Waals surface area contributed by atoms with Crippen molar-refractivity contribution in [3.8, 4) is 11.5 Å². The number of rotatable bonds is 8. The predicted octanol–water partition coefficient (Wildman–Crippen LogP) is 3.86. The van der Waals surface area contributed by atoms with E-state index in [4.69, 9.17) is 9.47 Å². The molecule has 0 radical (unpaired) electrons. The molecule has 2 rings (SSSR count). The molecule has 0 saturated heterocycles. The van der Waals surface area contributed by atoms with Gasteiger partial charge >= 0.3 is 18.6 Å². The second-order valence-electron chi connectivity index (χ2n) is 7.00. The Morgan fingerprint density at radius 2 is 1.93 bits per heavy atom. The fraction of sp³-hybridized carbons (Fsp3) is 0.500. The predicted molar refractivity (Wildman–Crippen MR) is 102 cm³/mol. The summed E-state index contributed by atoms with van der Waals surface area (Å²) in [7, 11) is 2.57. The van der Waals surface area contributed by atoms with Gasteiger partial charge in [-0.15, -0.1) is 0 Å². The maximum Gasteiger partial charge on any atom is 0.387 e. The molecule has 1 atom stereocenters. The van der Waals surface area contributed by atoms with Gasteiger partial charge in [-0.3, -0.25) is 4.90 Å². The summed E-state index contributed by atoms with van der Waals surface area (Å²) in [6, 6.07) is 3.07. The first kappa shape index (κ1) is 22.4. The maximum atomic E-state index is 12.8. The maximum absolute atomic E-state index is 12.8. The van der Waals surface area contributed by atoms with Crippen LogP contribution in [0.2, 0.25) is 0 Å². The third-order valence-electron chi connectivity index (χ3n) is 4.67. The highest BCUT2D eigenvalue weighted by Crippen LogP contribution is 2.36. The number of methoxy groups -OCH3 is 2. The monoisotopic (exact) mass is 412 g/mol. The standard InChI is InChI=1S/C20H26F2N2O5/c1-11(2)8-9-24-12(3)16(18(25)28-5)17(23-20(24)26)13-6-7-14(27-4)15(10-13)29-19(21)22/h6-7,10-11,17,19H,8-9H2,1-5H3,(H,23,26)/t17-/m1/s1. The molecule has 0 fully saturated rings. The average Bonchev–Trinajstić information content (AvgIpc) is 2.66. The summed E-state index contributed by atoms with van der Waals surface area (Å²) < 4.78 is 40.0. The van der Waals surface area contributed by atoms with Gasteiger partial charge in [0.2, 0.25) is 0 Å². The summed E-state index contributed by atoms with van der Waals surface area (Å²) in [6.45, 7) is 3.12. The minimum atomic E-state index is -3.05. The lowest BCUT2D eigenvalue weighted by Gasteiger charge is -2.35. The van der Waals surface area contributed by atoms with Crippen LogP contribution in [0, 0.1) is 5.92 Å². The number of hydrogen-bond acceptors (Lipinski definition) is 5. The number of alkyl halides is 2. The zero-order chi connectivity index (χ0) is 21.7. The van der Waals surface area contributed by atoms with Crippen LogP contribution in [0.25, 0.3) is 0 Å². The van der Waals surface area contributed by atoms with E-state index in [9.17, 15) is 18.4 Å². The van der Waals surface area contributed by atoms with Crippen LogP contribution in [0.4, 0.5) is 13.6 Å². The summed E-state index contributed by atoms with van der Waals surface area (Å²) in [5.74, 6) is -0.340. The number of amides is 2. The first-order chi connectivity index (χ1) is 13.7. The van der Waals surface area contributed by atoms with Crippen LogP contribution in [0.1, 0.15) is 38.8 Å². The van der Waals surface area contributed by atoms with Crippen LogP contribution < -0.4 is 14.8 Å². The van der Waals surface area contributed by atoms with Crippen LogP contribution >= 0.6 is 0 Å². The number of carbonyl (C=O) groups excluding carboxylic acids is 2. The Kier molecular flexibility index (Phi) is 7.41. The number of esters is 1. The number of ether oxygens (including phenoxy) is 3. The molecule has 1 aliphatic rings. The van der Waals surface area contributed by atoms with E-state index in [1.807, 2.05) is 13.8 Å². The van der Waals surface area contributed by atoms with Gasteiger partial charge in [0.25, 0.3) is 0 Å². The molecular weight excluding hydrogens is 386 g/mol. The molecule has 0 saturated carbocycles. The van der Waals surface area contributed by atoms with E-state index < -0.39 is 18.6 Å². The summed E-state index contributed by atoms with van der Waals surface area (Å²) in [5.41, 5.74) is 1.07. The molecule has 9 heteroatoms. The van der Waals surface area contributed by atoms with Crippen LogP contribution in [0.15, 0.2) is 29.5 Å². The first-order valence-corrected chi connectivity index (χ1v) is 9.19. The van der Waals surface area contributed by atoms with Gasteiger partial charge in [-0.25, -0.2) is 9.59 Å². The lowest BCUT2D eigenvalue weighted by molar-refractivity contribution is -0.136. The van der Waals surface area contributed by atoms with Gasteiger partial charge in [0.15, 0.2) is 11.5 Å². The van der Waals surface area contributed by atoms with Crippen molar-refractivity contribution in [1.29, 1.82) is 0 Å². The number of urea groups is 1. The van der Waals surface area contributed by atoms with E-state index in [0.717, 1.165) is 6.42 Å². The summed E-state index contributed by atoms with van der Waals surface area (Å²) in [5, 5.41) is 2.76. The summed E-state index contributed by atoms with van der Waals surface area (Å²) >= 11 is 0. The Balaban J connectivity index is 2.50. The second-order valence-corrected chi connectivity index (χ2v) is 7.00. The number of nitrogens with one attached hydrogen (secondary N) is 1. The van der Waals surface area contributed by atoms with Crippen molar-refractivity contribution >= 4 is 12.0 Å². The van der Waals surface area contributed by atoms with Crippen molar-refractivity contribution in [1.82, 2.24) is 10.2 Å². The Morgan fingerprint density at radius 1 is 1.24 bits per heavy atom. The molecule has 2 amide bonds. The number of carbonyl (C=O) groups is 2. The molecule has 160 valence electrons. The van der Waals surface area contributed by atoms with Crippen molar-refractivity contribution < 1.29 is 32.6 Å². The van der Waals surface area contributed by atoms with Crippen LogP contribution in [-0.2, 0) is 9.53 Å². The molecular formula is C20H26F2N2O5. The van der Waals surface area contributed by atoms with Crippen molar-refractivity contribution in [3.05, 3.63) is 35.0 Å². The first-order valence-electron chi connectivity index (χ1n) is 9.19. The SMILES string of the molecule is COC(=O)C1=C(C)N(CCC(C)C)C(=O)N[C@@H]1c1ccc(OC)c(OC(F)F)c1. The lowest BCUT2D eigenvalue weighted by Crippen LogP contribution is -2.48. The van der Waals surface area contributed by atoms with Gasteiger partial charge in [-0.2, -0.15) is 8.78 Å². The number of nitrogens with zero attached hydrogens (tertiary/aromatic N) is 1. The molecule has 1 aromatic carbocycles. The van der Waals surface area contributed by atoms with E-state index in [1.165, 1.54) is 31.3 Å². The smallest absolute Gasteiger partial charge is 0.387 e. The molecule has 0 aromatic heterocycles. The Morgan fingerprint density at radius 3 is 2.48 bits per heavy atom. The number of allylic oxidation sites excluding steroid dienone is 1. The molecule has 29 heavy (non-hydrogen) atoms. The zero-order valence-electron chi connectivity index (χ0n) is 17.1. The minimum absolute atomic E-state index is 0.107. The minimum Gasteiger partial charge on any atom is -0.493 e. The topological polar surface area (TPSA) is 77.1 Å². The highest BCUT2D eigenvalue weighted by atomic mass is 19.3. The quantitative estimate of drug-likeness (QED) is 0.656. The molecule has 1 heterocycles. The van der Waals surface area contributed by atoms with Crippen LogP contribution in [0.3, 0.4) is 0 Å². The fourth-order valence-electron chi connectivity index (χ4n) is 3.12. The van der Waals surface area contributed by atoms with Crippen molar-refractivity contribution in [3.63, 3.8) is 0 Å². The molecule has 1 aromatic rings. The third-order valence-corrected chi connectivity index (χ3v) is 4.67. The molecule has 0 spiro atoms. The third kappa shape index (κ3) is 5.16. The molecule has 0 unspecified atom stereocenters. The number of benzene rings is 1. The van der Waals surface area contributed by atoms with Crippen molar-refractivity contribution in [2.75, 3.05) is 20.8 Å². The van der Waals surface area contributed by atoms with Gasteiger partial charge in [0.1, 0.15) is 0 Å². The van der Waals surface area contributed by atoms with Crippen LogP contribution in [0.5, 0.6) is 11.5 Å². The zero-order valence-corrected chi connectivity index (χ0v) is 17.1. The molecule has 7 nitrogen and oxygen atoms in total. The normalized spacial score (nSPS) is 16.9. The molecule has 0 bridgehead atoms. The van der Waals surface area contributed by atoms with Gasteiger partial charge in [0, 0.05) is 12.2 Å². The van der Waals surface area contributed by atoms with Gasteiger partial charge in [-0.1, -0.05) is 19.9 Å². The fourth-order valence-corrected chi connectivity index (χ4v) is 3.12. The summed E-state index contributed by atoms with van der Waals surface area (Å²) in [4.78, 5) is 26.7. The highest BCUT2D eigenvalue weighted by molar-refractivity contribution is 5.95. The van der Waals surface area contributed by atoms with Gasteiger partial charge in [0.05, 0.1) is 25.8 Å². The van der Waals surface area contributed by atoms with Crippen LogP contribution in [-0.4, -0.2) is 44.3 Å². The van der Waals surface area contributed by atoms with E-state index in [0.29, 0.717) is 23.7 Å². The average molecular weight is 412 g/mol. The lowest BCUT2D eigenvalue weighted by atomic mass is 9.94. The molecule has 0 aliphatic carbocycles. The largest absolute Gasteiger partial charge is 0.493 e. The summed E-state index contributed by atoms with van der Waals surface area (Å²) in [6.07, 6.45) is 0.749. The number of hydrogen-bond donors (Lipinski definition) is 1. The van der Waals surface area contributed by atoms with E-state index in [2.05, 4.69) is 10.1 Å². The van der Waals surface area contributed by atoms with Crippen molar-refractivity contribution in [2.45, 2.75) is 39.8 Å². The highest BCUT2D eigenvalue weighted by Gasteiger charge is 2.36. The number of halogens is 2. The Labute approximate surface area is 168 Å². The Hall–Kier alpha value is -2.84. The van der Waals surface area contributed by atoms with E-state index in [1.54, 1.807) is 13.0 Å². The molecule has 1 N–H and O–H groups in total. The van der Waals surface area contributed by atoms with Gasteiger partial charge in [-0.05, 0) is 37.0 Å².